The average Bonchev–Trinajstić information content (AvgIpc) is 3.14. The lowest BCUT2D eigenvalue weighted by Crippen LogP contribution is -2.18. The van der Waals surface area contributed by atoms with Crippen molar-refractivity contribution in [3.8, 4) is 0 Å². The number of alkyl halides is 3. The van der Waals surface area contributed by atoms with Crippen molar-refractivity contribution in [1.82, 2.24) is 10.2 Å². The van der Waals surface area contributed by atoms with Crippen LogP contribution in [-0.4, -0.2) is 43.6 Å². The highest BCUT2D eigenvalue weighted by atomic mass is 35.5. The number of halogens is 4. The molecule has 3 rings (SSSR count). The number of nitrogens with zero attached hydrogens (tertiary/aromatic N) is 2. The molecule has 2 aromatic carbocycles. The quantitative estimate of drug-likeness (QED) is 0.493. The first-order chi connectivity index (χ1) is 15.4. The number of hydrogen-bond acceptors (Lipinski definition) is 7. The summed E-state index contributed by atoms with van der Waals surface area (Å²) in [5.74, 6) is -0.594. The molecule has 13 heteroatoms. The van der Waals surface area contributed by atoms with Crippen LogP contribution in [0.3, 0.4) is 0 Å². The third-order valence-electron chi connectivity index (χ3n) is 4.24. The van der Waals surface area contributed by atoms with Crippen LogP contribution < -0.4 is 5.32 Å². The summed E-state index contributed by atoms with van der Waals surface area (Å²) in [7, 11) is -3.87. The maximum atomic E-state index is 12.7. The normalized spacial score (nSPS) is 12.0. The fourth-order valence-electron chi connectivity index (χ4n) is 2.84. The predicted octanol–water partition coefficient (Wildman–Crippen LogP) is 4.05. The Bertz CT molecular complexity index is 1250. The summed E-state index contributed by atoms with van der Waals surface area (Å²) >= 11 is 6.19. The van der Waals surface area contributed by atoms with Gasteiger partial charge in [-0.2, -0.15) is 13.2 Å². The zero-order valence-corrected chi connectivity index (χ0v) is 18.6. The van der Waals surface area contributed by atoms with Crippen LogP contribution >= 0.6 is 11.6 Å². The Balaban J connectivity index is 1.80. The smallest absolute Gasteiger partial charge is 0.407 e. The Kier molecular flexibility index (Phi) is 7.40. The molecule has 8 nitrogen and oxygen atoms in total. The molecule has 0 unspecified atom stereocenters. The van der Waals surface area contributed by atoms with E-state index in [1.54, 1.807) is 0 Å². The second-order valence-corrected chi connectivity index (χ2v) is 9.26. The molecule has 176 valence electrons. The van der Waals surface area contributed by atoms with Crippen LogP contribution in [0.2, 0.25) is 5.02 Å². The van der Waals surface area contributed by atoms with Crippen molar-refractivity contribution in [3.63, 3.8) is 0 Å². The van der Waals surface area contributed by atoms with Crippen LogP contribution in [0, 0.1) is 0 Å². The number of amides is 1. The summed E-state index contributed by atoms with van der Waals surface area (Å²) in [6, 6.07) is 11.2. The number of carbonyl (C=O) groups excluding carboxylic acids is 1. The van der Waals surface area contributed by atoms with Crippen LogP contribution in [0.4, 0.5) is 19.2 Å². The van der Waals surface area contributed by atoms with Crippen LogP contribution in [0.1, 0.15) is 27.4 Å². The molecule has 0 bridgehead atoms. The lowest BCUT2D eigenvalue weighted by Gasteiger charge is -2.14. The van der Waals surface area contributed by atoms with Crippen molar-refractivity contribution in [2.75, 3.05) is 18.2 Å². The van der Waals surface area contributed by atoms with Crippen LogP contribution in [0.25, 0.3) is 0 Å². The van der Waals surface area contributed by atoms with E-state index in [-0.39, 0.29) is 33.0 Å². The van der Waals surface area contributed by atoms with Gasteiger partial charge >= 0.3 is 12.2 Å². The monoisotopic (exact) mass is 503 g/mol. The van der Waals surface area contributed by atoms with Gasteiger partial charge in [0.05, 0.1) is 28.5 Å². The van der Waals surface area contributed by atoms with Gasteiger partial charge in [0.15, 0.2) is 9.84 Å². The predicted molar refractivity (Wildman–Crippen MR) is 112 cm³/mol. The molecule has 0 radical (unpaired) electrons. The minimum absolute atomic E-state index is 0.211. The third-order valence-corrected chi connectivity index (χ3v) is 5.86. The third kappa shape index (κ3) is 6.76. The van der Waals surface area contributed by atoms with E-state index in [9.17, 15) is 26.4 Å². The molecule has 0 fully saturated rings. The van der Waals surface area contributed by atoms with Gasteiger partial charge in [0, 0.05) is 11.8 Å². The summed E-state index contributed by atoms with van der Waals surface area (Å²) < 4.78 is 71.3. The fourth-order valence-corrected chi connectivity index (χ4v) is 4.13. The van der Waals surface area contributed by atoms with Gasteiger partial charge in [-0.3, -0.25) is 10.1 Å². The molecule has 0 spiro atoms. The fraction of sp³-hybridized carbons (Fsp3) is 0.250. The average molecular weight is 504 g/mol. The highest BCUT2D eigenvalue weighted by Gasteiger charge is 2.29. The maximum Gasteiger partial charge on any atom is 0.411 e. The van der Waals surface area contributed by atoms with Crippen molar-refractivity contribution >= 4 is 33.4 Å². The summed E-state index contributed by atoms with van der Waals surface area (Å²) in [4.78, 5) is 12.3. The molecular weight excluding hydrogens is 487 g/mol. The van der Waals surface area contributed by atoms with Gasteiger partial charge in [-0.1, -0.05) is 47.0 Å². The number of nitrogens with one attached hydrogen (secondary N) is 1. The Morgan fingerprint density at radius 3 is 2.48 bits per heavy atom. The van der Waals surface area contributed by atoms with E-state index >= 15 is 0 Å². The number of aromatic nitrogens is 2. The maximum absolute atomic E-state index is 12.7. The highest BCUT2D eigenvalue weighted by Crippen LogP contribution is 2.30. The molecule has 0 atom stereocenters. The number of benzene rings is 2. The van der Waals surface area contributed by atoms with Gasteiger partial charge in [-0.25, -0.2) is 8.42 Å². The minimum Gasteiger partial charge on any atom is -0.407 e. The Morgan fingerprint density at radius 1 is 1.15 bits per heavy atom. The van der Waals surface area contributed by atoms with Crippen molar-refractivity contribution in [2.45, 2.75) is 24.1 Å². The van der Waals surface area contributed by atoms with E-state index in [1.165, 1.54) is 0 Å². The van der Waals surface area contributed by atoms with Gasteiger partial charge in [0.25, 0.3) is 5.91 Å². The summed E-state index contributed by atoms with van der Waals surface area (Å²) in [6.07, 6.45) is -3.44. The highest BCUT2D eigenvalue weighted by molar-refractivity contribution is 7.90. The van der Waals surface area contributed by atoms with Crippen molar-refractivity contribution in [1.29, 1.82) is 0 Å². The molecule has 0 saturated carbocycles. The van der Waals surface area contributed by atoms with Gasteiger partial charge in [0.2, 0.25) is 5.89 Å². The number of hydrogen-bond donors (Lipinski definition) is 1. The van der Waals surface area contributed by atoms with Crippen molar-refractivity contribution < 1.29 is 35.5 Å². The topological polar surface area (TPSA) is 111 Å². The number of anilines is 1. The molecule has 0 aliphatic carbocycles. The van der Waals surface area contributed by atoms with E-state index in [2.05, 4.69) is 20.3 Å². The molecule has 0 aliphatic rings. The molecular formula is C20H17ClF3N3O5S. The summed E-state index contributed by atoms with van der Waals surface area (Å²) in [6.45, 7) is -2.39. The first-order valence-electron chi connectivity index (χ1n) is 9.27. The second-order valence-electron chi connectivity index (χ2n) is 6.90. The SMILES string of the molecule is CS(=O)(=O)c1ccc(C(=O)Nc2nnc(Cc3ccccc3)o2)c(Cl)c1COCC(F)(F)F. The van der Waals surface area contributed by atoms with Crippen LogP contribution in [0.5, 0.6) is 0 Å². The number of ether oxygens (including phenoxy) is 1. The van der Waals surface area contributed by atoms with E-state index in [0.29, 0.717) is 6.42 Å². The molecule has 1 heterocycles. The van der Waals surface area contributed by atoms with Crippen molar-refractivity contribution in [3.05, 3.63) is 70.1 Å². The van der Waals surface area contributed by atoms with Crippen molar-refractivity contribution in [2.24, 2.45) is 0 Å². The standard InChI is InChI=1S/C20H17ClF3N3O5S/c1-33(29,30)15-8-7-13(17(21)14(15)10-31-11-20(22,23)24)18(28)25-19-27-26-16(32-19)9-12-5-3-2-4-6-12/h2-8H,9-11H2,1H3,(H,25,27,28). The molecule has 0 aliphatic heterocycles. The van der Waals surface area contributed by atoms with Gasteiger partial charge in [0.1, 0.15) is 6.61 Å². The second kappa shape index (κ2) is 9.89. The zero-order chi connectivity index (χ0) is 24.2. The molecule has 1 amide bonds. The number of carbonyl (C=O) groups is 1. The molecule has 1 aromatic heterocycles. The lowest BCUT2D eigenvalue weighted by atomic mass is 10.1. The number of rotatable bonds is 8. The first-order valence-corrected chi connectivity index (χ1v) is 11.5. The summed E-state index contributed by atoms with van der Waals surface area (Å²) in [5, 5.41) is 9.53. The van der Waals surface area contributed by atoms with E-state index < -0.39 is 35.1 Å². The van der Waals surface area contributed by atoms with E-state index in [0.717, 1.165) is 24.0 Å². The molecule has 1 N–H and O–H groups in total. The minimum atomic E-state index is -4.62. The van der Waals surface area contributed by atoms with Gasteiger partial charge in [-0.15, -0.1) is 5.10 Å². The van der Waals surface area contributed by atoms with E-state index in [4.69, 9.17) is 16.0 Å². The molecule has 3 aromatic rings. The lowest BCUT2D eigenvalue weighted by molar-refractivity contribution is -0.176. The largest absolute Gasteiger partial charge is 0.411 e. The first kappa shape index (κ1) is 24.7. The number of sulfone groups is 1. The Labute approximate surface area is 191 Å². The Morgan fingerprint density at radius 2 is 1.85 bits per heavy atom. The van der Waals surface area contributed by atoms with Crippen LogP contribution in [0.15, 0.2) is 51.8 Å². The van der Waals surface area contributed by atoms with Gasteiger partial charge < -0.3 is 9.15 Å². The van der Waals surface area contributed by atoms with E-state index in [1.807, 2.05) is 30.3 Å². The summed E-state index contributed by atoms with van der Waals surface area (Å²) in [5.41, 5.74) is 0.422. The molecule has 33 heavy (non-hydrogen) atoms. The van der Waals surface area contributed by atoms with Crippen LogP contribution in [-0.2, 0) is 27.6 Å². The van der Waals surface area contributed by atoms with Gasteiger partial charge in [-0.05, 0) is 17.7 Å². The zero-order valence-electron chi connectivity index (χ0n) is 17.0. The Hall–Kier alpha value is -2.96. The molecule has 0 saturated heterocycles.